The lowest BCUT2D eigenvalue weighted by atomic mass is 10.1. The highest BCUT2D eigenvalue weighted by Crippen LogP contribution is 2.19. The Labute approximate surface area is 159 Å². The highest BCUT2D eigenvalue weighted by molar-refractivity contribution is 5.87. The van der Waals surface area contributed by atoms with Gasteiger partial charge < -0.3 is 4.90 Å². The van der Waals surface area contributed by atoms with Crippen molar-refractivity contribution < 1.29 is 13.6 Å². The van der Waals surface area contributed by atoms with Crippen molar-refractivity contribution in [2.75, 3.05) is 13.1 Å². The Kier molecular flexibility index (Phi) is 4.66. The van der Waals surface area contributed by atoms with Crippen LogP contribution in [0, 0.1) is 0 Å². The fourth-order valence-corrected chi connectivity index (χ4v) is 3.17. The van der Waals surface area contributed by atoms with Crippen LogP contribution in [0.4, 0.5) is 13.6 Å². The quantitative estimate of drug-likeness (QED) is 0.690. The number of hydrogen-bond donors (Lipinski definition) is 0. The molecule has 0 atom stereocenters. The molecule has 3 heterocycles. The molecule has 0 aliphatic carbocycles. The van der Waals surface area contributed by atoms with E-state index in [1.54, 1.807) is 30.3 Å². The van der Waals surface area contributed by atoms with Gasteiger partial charge in [0, 0.05) is 32.1 Å². The van der Waals surface area contributed by atoms with Crippen molar-refractivity contribution in [2.45, 2.75) is 25.7 Å². The van der Waals surface area contributed by atoms with Crippen LogP contribution < -0.4 is 5.69 Å². The van der Waals surface area contributed by atoms with Crippen LogP contribution in [-0.2, 0) is 19.9 Å². The SMILES string of the molecule is Cn1c(=O)n(C(=O)N2CCC2)c2nc(CCc3ccc(C(F)F)cc3)ncc21. The number of nitrogens with zero attached hydrogens (tertiary/aromatic N) is 5. The number of carbonyl (C=O) groups excluding carboxylic acids is 1. The molecule has 1 amide bonds. The van der Waals surface area contributed by atoms with Gasteiger partial charge in [-0.15, -0.1) is 0 Å². The van der Waals surface area contributed by atoms with E-state index in [9.17, 15) is 18.4 Å². The minimum absolute atomic E-state index is 0.0146. The van der Waals surface area contributed by atoms with Crippen molar-refractivity contribution in [1.29, 1.82) is 0 Å². The molecule has 1 aliphatic heterocycles. The predicted molar refractivity (Wildman–Crippen MR) is 98.6 cm³/mol. The number of carbonyl (C=O) groups is 1. The van der Waals surface area contributed by atoms with E-state index >= 15 is 0 Å². The molecule has 0 bridgehead atoms. The molecule has 0 N–H and O–H groups in total. The highest BCUT2D eigenvalue weighted by Gasteiger charge is 2.27. The van der Waals surface area contributed by atoms with Crippen molar-refractivity contribution in [3.05, 3.63) is 57.9 Å². The summed E-state index contributed by atoms with van der Waals surface area (Å²) in [6, 6.07) is 5.77. The molecular formula is C19H19F2N5O2. The molecule has 0 unspecified atom stereocenters. The average Bonchev–Trinajstić information content (AvgIpc) is 2.89. The van der Waals surface area contributed by atoms with Crippen LogP contribution in [-0.4, -0.2) is 43.1 Å². The summed E-state index contributed by atoms with van der Waals surface area (Å²) in [4.78, 5) is 35.4. The largest absolute Gasteiger partial charge is 0.338 e. The Balaban J connectivity index is 1.60. The Hall–Kier alpha value is -3.10. The summed E-state index contributed by atoms with van der Waals surface area (Å²) in [5, 5.41) is 0. The number of aromatic nitrogens is 4. The highest BCUT2D eigenvalue weighted by atomic mass is 19.3. The molecule has 0 saturated carbocycles. The number of imidazole rings is 1. The van der Waals surface area contributed by atoms with Gasteiger partial charge in [0.1, 0.15) is 11.3 Å². The molecule has 4 rings (SSSR count). The van der Waals surface area contributed by atoms with E-state index < -0.39 is 12.1 Å². The number of benzene rings is 1. The number of rotatable bonds is 4. The summed E-state index contributed by atoms with van der Waals surface area (Å²) in [6.07, 6.45) is 1.00. The second kappa shape index (κ2) is 7.14. The molecule has 3 aromatic rings. The maximum Gasteiger partial charge on any atom is 0.338 e. The van der Waals surface area contributed by atoms with Gasteiger partial charge in [0.25, 0.3) is 6.43 Å². The van der Waals surface area contributed by atoms with Crippen molar-refractivity contribution in [1.82, 2.24) is 24.0 Å². The second-order valence-electron chi connectivity index (χ2n) is 6.84. The van der Waals surface area contributed by atoms with Crippen LogP contribution >= 0.6 is 0 Å². The lowest BCUT2D eigenvalue weighted by Crippen LogP contribution is -2.47. The lowest BCUT2D eigenvalue weighted by molar-refractivity contribution is 0.151. The third kappa shape index (κ3) is 3.17. The Morgan fingerprint density at radius 2 is 1.89 bits per heavy atom. The van der Waals surface area contributed by atoms with Gasteiger partial charge in [-0.05, 0) is 18.4 Å². The fourth-order valence-electron chi connectivity index (χ4n) is 3.17. The zero-order valence-electron chi connectivity index (χ0n) is 15.3. The molecule has 1 saturated heterocycles. The molecule has 9 heteroatoms. The smallest absolute Gasteiger partial charge is 0.324 e. The molecular weight excluding hydrogens is 368 g/mol. The van der Waals surface area contributed by atoms with Gasteiger partial charge >= 0.3 is 11.7 Å². The first-order chi connectivity index (χ1) is 13.5. The zero-order valence-corrected chi connectivity index (χ0v) is 15.3. The number of fused-ring (bicyclic) bond motifs is 1. The normalized spacial score (nSPS) is 13.9. The Morgan fingerprint density at radius 3 is 2.50 bits per heavy atom. The first-order valence-corrected chi connectivity index (χ1v) is 9.05. The summed E-state index contributed by atoms with van der Waals surface area (Å²) < 4.78 is 27.7. The van der Waals surface area contributed by atoms with Crippen LogP contribution in [0.15, 0.2) is 35.3 Å². The average molecular weight is 387 g/mol. The molecule has 28 heavy (non-hydrogen) atoms. The predicted octanol–water partition coefficient (Wildman–Crippen LogP) is 2.53. The third-order valence-corrected chi connectivity index (χ3v) is 5.04. The van der Waals surface area contributed by atoms with Gasteiger partial charge in [-0.2, -0.15) is 4.57 Å². The molecule has 0 radical (unpaired) electrons. The number of amides is 1. The molecule has 146 valence electrons. The van der Waals surface area contributed by atoms with Gasteiger partial charge in [-0.25, -0.2) is 28.3 Å². The first kappa shape index (κ1) is 18.3. The summed E-state index contributed by atoms with van der Waals surface area (Å²) in [7, 11) is 1.58. The van der Waals surface area contributed by atoms with Crippen molar-refractivity contribution in [3.8, 4) is 0 Å². The van der Waals surface area contributed by atoms with E-state index in [-0.39, 0.29) is 11.6 Å². The van der Waals surface area contributed by atoms with Gasteiger partial charge in [0.05, 0.1) is 6.20 Å². The van der Waals surface area contributed by atoms with E-state index in [0.29, 0.717) is 42.9 Å². The summed E-state index contributed by atoms with van der Waals surface area (Å²) in [5.74, 6) is 0.487. The second-order valence-corrected chi connectivity index (χ2v) is 6.84. The van der Waals surface area contributed by atoms with E-state index in [1.165, 1.54) is 16.7 Å². The molecule has 1 aromatic carbocycles. The first-order valence-electron chi connectivity index (χ1n) is 9.05. The minimum Gasteiger partial charge on any atom is -0.324 e. The molecule has 1 fully saturated rings. The standard InChI is InChI=1S/C19H19F2N5O2/c1-24-14-11-22-15(8-5-12-3-6-13(7-4-12)16(20)21)23-17(14)26(18(24)27)19(28)25-9-2-10-25/h3-4,6-7,11,16H,2,5,8-10H2,1H3. The lowest BCUT2D eigenvalue weighted by Gasteiger charge is -2.30. The third-order valence-electron chi connectivity index (χ3n) is 5.04. The van der Waals surface area contributed by atoms with Crippen LogP contribution in [0.2, 0.25) is 0 Å². The van der Waals surface area contributed by atoms with Gasteiger partial charge in [0.15, 0.2) is 5.65 Å². The molecule has 7 nitrogen and oxygen atoms in total. The van der Waals surface area contributed by atoms with Crippen LogP contribution in [0.1, 0.15) is 29.8 Å². The van der Waals surface area contributed by atoms with E-state index in [2.05, 4.69) is 9.97 Å². The minimum atomic E-state index is -2.49. The van der Waals surface area contributed by atoms with Crippen molar-refractivity contribution >= 4 is 17.2 Å². The van der Waals surface area contributed by atoms with Crippen LogP contribution in [0.3, 0.4) is 0 Å². The topological polar surface area (TPSA) is 73.0 Å². The van der Waals surface area contributed by atoms with E-state index in [0.717, 1.165) is 16.6 Å². The summed E-state index contributed by atoms with van der Waals surface area (Å²) >= 11 is 0. The van der Waals surface area contributed by atoms with Crippen molar-refractivity contribution in [3.63, 3.8) is 0 Å². The summed E-state index contributed by atoms with van der Waals surface area (Å²) in [6.45, 7) is 1.27. The van der Waals surface area contributed by atoms with Crippen LogP contribution in [0.25, 0.3) is 11.2 Å². The fraction of sp³-hybridized carbons (Fsp3) is 0.368. The Morgan fingerprint density at radius 1 is 1.18 bits per heavy atom. The number of alkyl halides is 2. The van der Waals surface area contributed by atoms with Crippen LogP contribution in [0.5, 0.6) is 0 Å². The zero-order chi connectivity index (χ0) is 19.8. The number of halogens is 2. The molecule has 2 aromatic heterocycles. The number of aryl methyl sites for hydroxylation is 3. The maximum atomic E-state index is 12.6. The van der Waals surface area contributed by atoms with Gasteiger partial charge in [0.2, 0.25) is 0 Å². The molecule has 0 spiro atoms. The van der Waals surface area contributed by atoms with E-state index in [4.69, 9.17) is 0 Å². The Bertz CT molecular complexity index is 1080. The van der Waals surface area contributed by atoms with E-state index in [1.807, 2.05) is 0 Å². The van der Waals surface area contributed by atoms with Gasteiger partial charge in [-0.3, -0.25) is 4.57 Å². The van der Waals surface area contributed by atoms with Crippen molar-refractivity contribution in [2.24, 2.45) is 7.05 Å². The molecule has 1 aliphatic rings. The monoisotopic (exact) mass is 387 g/mol. The maximum absolute atomic E-state index is 12.6. The number of hydrogen-bond acceptors (Lipinski definition) is 4. The number of likely N-dealkylation sites (tertiary alicyclic amines) is 1. The van der Waals surface area contributed by atoms with Gasteiger partial charge in [-0.1, -0.05) is 24.3 Å². The summed E-state index contributed by atoms with van der Waals surface area (Å²) in [5.41, 5.74) is 1.21.